The Hall–Kier alpha value is -1.12. The van der Waals surface area contributed by atoms with E-state index in [1.165, 1.54) is 0 Å². The van der Waals surface area contributed by atoms with E-state index in [4.69, 9.17) is 4.74 Å². The molecule has 16 heavy (non-hydrogen) atoms. The highest BCUT2D eigenvalue weighted by atomic mass is 16.5. The Morgan fingerprint density at radius 1 is 1.12 bits per heavy atom. The van der Waals surface area contributed by atoms with E-state index in [9.17, 15) is 9.59 Å². The monoisotopic (exact) mass is 226 g/mol. The molecule has 0 aromatic heterocycles. The fraction of sp³-hybridized carbons (Fsp3) is 0.692. The molecule has 3 nitrogen and oxygen atoms in total. The third kappa shape index (κ3) is 9.44. The second kappa shape index (κ2) is 10.4. The predicted octanol–water partition coefficient (Wildman–Crippen LogP) is 3.04. The van der Waals surface area contributed by atoms with Crippen LogP contribution in [0.15, 0.2) is 12.2 Å². The molecule has 0 unspecified atom stereocenters. The van der Waals surface area contributed by atoms with Gasteiger partial charge in [-0.2, -0.15) is 0 Å². The van der Waals surface area contributed by atoms with Crippen molar-refractivity contribution in [3.8, 4) is 0 Å². The summed E-state index contributed by atoms with van der Waals surface area (Å²) in [5.74, 6) is -0.300. The van der Waals surface area contributed by atoms with Crippen molar-refractivity contribution in [2.45, 2.75) is 51.9 Å². The van der Waals surface area contributed by atoms with Crippen LogP contribution < -0.4 is 0 Å². The Bertz CT molecular complexity index is 221. The number of carbonyl (C=O) groups is 2. The number of rotatable bonds is 10. The van der Waals surface area contributed by atoms with Crippen LogP contribution in [-0.4, -0.2) is 18.9 Å². The second-order valence-electron chi connectivity index (χ2n) is 3.99. The molecule has 0 N–H and O–H groups in total. The Morgan fingerprint density at radius 2 is 1.69 bits per heavy atom. The van der Waals surface area contributed by atoms with Crippen molar-refractivity contribution in [1.82, 2.24) is 0 Å². The molecule has 0 fully saturated rings. The highest BCUT2D eigenvalue weighted by Gasteiger charge is 2.01. The van der Waals surface area contributed by atoms with Gasteiger partial charge in [-0.25, -0.2) is 4.79 Å². The molecule has 0 radical (unpaired) electrons. The molecule has 0 saturated carbocycles. The average molecular weight is 226 g/mol. The van der Waals surface area contributed by atoms with Crippen molar-refractivity contribution in [3.63, 3.8) is 0 Å². The molecule has 0 aromatic rings. The normalized spacial score (nSPS) is 9.81. The molecular formula is C13H22O3. The molecule has 0 aliphatic rings. The molecule has 3 heteroatoms. The van der Waals surface area contributed by atoms with Crippen LogP contribution in [0.1, 0.15) is 51.9 Å². The van der Waals surface area contributed by atoms with E-state index in [0.717, 1.165) is 44.8 Å². The Labute approximate surface area is 97.9 Å². The van der Waals surface area contributed by atoms with Gasteiger partial charge in [0.05, 0.1) is 6.61 Å². The summed E-state index contributed by atoms with van der Waals surface area (Å²) >= 11 is 0. The quantitative estimate of drug-likeness (QED) is 0.249. The molecule has 0 atom stereocenters. The zero-order valence-electron chi connectivity index (χ0n) is 10.2. The third-order valence-electron chi connectivity index (χ3n) is 2.30. The molecule has 0 spiro atoms. The third-order valence-corrected chi connectivity index (χ3v) is 2.30. The highest BCUT2D eigenvalue weighted by Crippen LogP contribution is 2.06. The van der Waals surface area contributed by atoms with Gasteiger partial charge in [0.15, 0.2) is 0 Å². The maximum Gasteiger partial charge on any atom is 0.333 e. The van der Waals surface area contributed by atoms with Crippen LogP contribution in [0.2, 0.25) is 0 Å². The van der Waals surface area contributed by atoms with E-state index in [0.29, 0.717) is 18.6 Å². The van der Waals surface area contributed by atoms with E-state index in [2.05, 4.69) is 6.58 Å². The van der Waals surface area contributed by atoms with Gasteiger partial charge in [0.1, 0.15) is 6.29 Å². The predicted molar refractivity (Wildman–Crippen MR) is 64.2 cm³/mol. The first kappa shape index (κ1) is 14.9. The molecule has 0 aliphatic carbocycles. The lowest BCUT2D eigenvalue weighted by atomic mass is 10.1. The van der Waals surface area contributed by atoms with Gasteiger partial charge >= 0.3 is 5.97 Å². The van der Waals surface area contributed by atoms with Gasteiger partial charge in [0, 0.05) is 12.0 Å². The summed E-state index contributed by atoms with van der Waals surface area (Å²) in [6, 6.07) is 0. The maximum atomic E-state index is 11.0. The van der Waals surface area contributed by atoms with Crippen molar-refractivity contribution in [2.75, 3.05) is 6.61 Å². The molecule has 0 aromatic carbocycles. The Kier molecular flexibility index (Phi) is 9.67. The van der Waals surface area contributed by atoms with Gasteiger partial charge in [0.2, 0.25) is 0 Å². The minimum absolute atomic E-state index is 0.300. The van der Waals surface area contributed by atoms with E-state index >= 15 is 0 Å². The first-order valence-corrected chi connectivity index (χ1v) is 5.94. The maximum absolute atomic E-state index is 11.0. The summed E-state index contributed by atoms with van der Waals surface area (Å²) in [5, 5.41) is 0. The van der Waals surface area contributed by atoms with E-state index in [1.807, 2.05) is 0 Å². The zero-order valence-corrected chi connectivity index (χ0v) is 10.2. The average Bonchev–Trinajstić information content (AvgIpc) is 2.26. The SMILES string of the molecule is C=C(C)C(=O)OCCCCCCCCC=O. The fourth-order valence-electron chi connectivity index (χ4n) is 1.32. The number of hydrogen-bond acceptors (Lipinski definition) is 3. The first-order valence-electron chi connectivity index (χ1n) is 5.94. The van der Waals surface area contributed by atoms with Gasteiger partial charge in [-0.3, -0.25) is 0 Å². The number of carbonyl (C=O) groups excluding carboxylic acids is 2. The molecule has 0 rings (SSSR count). The van der Waals surface area contributed by atoms with Crippen LogP contribution in [0.4, 0.5) is 0 Å². The number of aldehydes is 1. The van der Waals surface area contributed by atoms with Gasteiger partial charge in [-0.15, -0.1) is 0 Å². The van der Waals surface area contributed by atoms with Crippen molar-refractivity contribution in [3.05, 3.63) is 12.2 Å². The van der Waals surface area contributed by atoms with Gasteiger partial charge in [0.25, 0.3) is 0 Å². The number of esters is 1. The summed E-state index contributed by atoms with van der Waals surface area (Å²) in [6.07, 6.45) is 8.04. The lowest BCUT2D eigenvalue weighted by Gasteiger charge is -2.03. The molecular weight excluding hydrogens is 204 g/mol. The first-order chi connectivity index (χ1) is 7.68. The molecule has 0 saturated heterocycles. The number of unbranched alkanes of at least 4 members (excludes halogenated alkanes) is 6. The van der Waals surface area contributed by atoms with Crippen LogP contribution in [0, 0.1) is 0 Å². The lowest BCUT2D eigenvalue weighted by Crippen LogP contribution is -2.05. The molecule has 0 heterocycles. The molecule has 0 bridgehead atoms. The minimum Gasteiger partial charge on any atom is -0.462 e. The second-order valence-corrected chi connectivity index (χ2v) is 3.99. The van der Waals surface area contributed by atoms with Gasteiger partial charge < -0.3 is 9.53 Å². The van der Waals surface area contributed by atoms with Crippen molar-refractivity contribution in [1.29, 1.82) is 0 Å². The molecule has 0 aliphatic heterocycles. The standard InChI is InChI=1S/C13H22O3/c1-12(2)13(15)16-11-9-7-5-3-4-6-8-10-14/h10H,1,3-9,11H2,2H3. The summed E-state index contributed by atoms with van der Waals surface area (Å²) in [6.45, 7) is 5.64. The number of ether oxygens (including phenoxy) is 1. The van der Waals surface area contributed by atoms with Crippen LogP contribution in [0.5, 0.6) is 0 Å². The van der Waals surface area contributed by atoms with Crippen LogP contribution >= 0.6 is 0 Å². The molecule has 92 valence electrons. The van der Waals surface area contributed by atoms with Crippen molar-refractivity contribution in [2.24, 2.45) is 0 Å². The summed E-state index contributed by atoms with van der Waals surface area (Å²) in [7, 11) is 0. The van der Waals surface area contributed by atoms with Crippen LogP contribution in [-0.2, 0) is 14.3 Å². The van der Waals surface area contributed by atoms with Crippen molar-refractivity contribution >= 4 is 12.3 Å². The van der Waals surface area contributed by atoms with E-state index in [-0.39, 0.29) is 5.97 Å². The topological polar surface area (TPSA) is 43.4 Å². The van der Waals surface area contributed by atoms with Crippen LogP contribution in [0.25, 0.3) is 0 Å². The zero-order chi connectivity index (χ0) is 12.2. The van der Waals surface area contributed by atoms with Crippen molar-refractivity contribution < 1.29 is 14.3 Å². The fourth-order valence-corrected chi connectivity index (χ4v) is 1.32. The van der Waals surface area contributed by atoms with E-state index < -0.39 is 0 Å². The van der Waals surface area contributed by atoms with E-state index in [1.54, 1.807) is 6.92 Å². The highest BCUT2D eigenvalue weighted by molar-refractivity contribution is 5.86. The number of hydrogen-bond donors (Lipinski definition) is 0. The summed E-state index contributed by atoms with van der Waals surface area (Å²) < 4.78 is 4.96. The van der Waals surface area contributed by atoms with Gasteiger partial charge in [-0.05, 0) is 19.8 Å². The smallest absolute Gasteiger partial charge is 0.333 e. The Morgan fingerprint density at radius 3 is 2.25 bits per heavy atom. The lowest BCUT2D eigenvalue weighted by molar-refractivity contribution is -0.139. The van der Waals surface area contributed by atoms with Gasteiger partial charge in [-0.1, -0.05) is 32.3 Å². The Balaban J connectivity index is 3.12. The minimum atomic E-state index is -0.300. The van der Waals surface area contributed by atoms with Crippen LogP contribution in [0.3, 0.4) is 0 Å². The largest absolute Gasteiger partial charge is 0.462 e. The molecule has 0 amide bonds. The summed E-state index contributed by atoms with van der Waals surface area (Å²) in [5.41, 5.74) is 0.453. The summed E-state index contributed by atoms with van der Waals surface area (Å²) in [4.78, 5) is 21.0.